The SMILES string of the molecule is Cc1nn(Cc2ccc(C(=O)NCc3ccc(Cl)cc3)cc2)c(C)c1Br. The van der Waals surface area contributed by atoms with Gasteiger partial charge in [-0.1, -0.05) is 35.9 Å². The van der Waals surface area contributed by atoms with E-state index < -0.39 is 0 Å². The van der Waals surface area contributed by atoms with Crippen molar-refractivity contribution in [3.63, 3.8) is 0 Å². The smallest absolute Gasteiger partial charge is 0.251 e. The Labute approximate surface area is 166 Å². The van der Waals surface area contributed by atoms with Crippen LogP contribution in [0.1, 0.15) is 32.9 Å². The van der Waals surface area contributed by atoms with Crippen molar-refractivity contribution in [2.45, 2.75) is 26.9 Å². The third-order valence-corrected chi connectivity index (χ3v) is 5.61. The number of nitrogens with zero attached hydrogens (tertiary/aromatic N) is 2. The summed E-state index contributed by atoms with van der Waals surface area (Å²) in [4.78, 5) is 12.3. The molecule has 0 unspecified atom stereocenters. The Kier molecular flexibility index (Phi) is 5.79. The van der Waals surface area contributed by atoms with Crippen LogP contribution in [0.4, 0.5) is 0 Å². The van der Waals surface area contributed by atoms with E-state index in [1.807, 2.05) is 67.1 Å². The van der Waals surface area contributed by atoms with Gasteiger partial charge in [0.15, 0.2) is 0 Å². The molecule has 3 rings (SSSR count). The fourth-order valence-electron chi connectivity index (χ4n) is 2.65. The third-order valence-electron chi connectivity index (χ3n) is 4.21. The maximum absolute atomic E-state index is 12.3. The van der Waals surface area contributed by atoms with Crippen LogP contribution in [0.15, 0.2) is 53.0 Å². The molecule has 1 heterocycles. The quantitative estimate of drug-likeness (QED) is 0.624. The largest absolute Gasteiger partial charge is 0.348 e. The van der Waals surface area contributed by atoms with E-state index >= 15 is 0 Å². The van der Waals surface area contributed by atoms with Crippen LogP contribution in [-0.4, -0.2) is 15.7 Å². The molecular weight excluding hydrogens is 414 g/mol. The number of nitrogens with one attached hydrogen (secondary N) is 1. The maximum Gasteiger partial charge on any atom is 0.251 e. The average Bonchev–Trinajstić information content (AvgIpc) is 2.88. The lowest BCUT2D eigenvalue weighted by Crippen LogP contribution is -2.22. The molecular formula is C20H19BrClN3O. The fraction of sp³-hybridized carbons (Fsp3) is 0.200. The molecule has 0 spiro atoms. The number of benzene rings is 2. The van der Waals surface area contributed by atoms with E-state index in [2.05, 4.69) is 26.3 Å². The van der Waals surface area contributed by atoms with Gasteiger partial charge in [-0.2, -0.15) is 5.10 Å². The number of aromatic nitrogens is 2. The van der Waals surface area contributed by atoms with Crippen molar-refractivity contribution < 1.29 is 4.79 Å². The lowest BCUT2D eigenvalue weighted by Gasteiger charge is -2.08. The highest BCUT2D eigenvalue weighted by Crippen LogP contribution is 2.20. The second-order valence-corrected chi connectivity index (χ2v) is 7.38. The minimum Gasteiger partial charge on any atom is -0.348 e. The Morgan fingerprint density at radius 3 is 2.27 bits per heavy atom. The van der Waals surface area contributed by atoms with Crippen LogP contribution in [0.3, 0.4) is 0 Å². The van der Waals surface area contributed by atoms with Gasteiger partial charge in [0.05, 0.1) is 22.4 Å². The van der Waals surface area contributed by atoms with Gasteiger partial charge in [0.25, 0.3) is 5.91 Å². The van der Waals surface area contributed by atoms with Crippen molar-refractivity contribution in [3.05, 3.63) is 86.1 Å². The van der Waals surface area contributed by atoms with Gasteiger partial charge >= 0.3 is 0 Å². The van der Waals surface area contributed by atoms with Crippen molar-refractivity contribution in [2.75, 3.05) is 0 Å². The Bertz CT molecular complexity index is 917. The molecule has 0 fully saturated rings. The van der Waals surface area contributed by atoms with Crippen LogP contribution in [0, 0.1) is 13.8 Å². The van der Waals surface area contributed by atoms with E-state index in [4.69, 9.17) is 11.6 Å². The van der Waals surface area contributed by atoms with E-state index in [-0.39, 0.29) is 5.91 Å². The predicted octanol–water partition coefficient (Wildman–Crippen LogP) is 4.89. The minimum atomic E-state index is -0.0969. The lowest BCUT2D eigenvalue weighted by molar-refractivity contribution is 0.0951. The number of carbonyl (C=O) groups is 1. The number of hydrogen-bond donors (Lipinski definition) is 1. The zero-order chi connectivity index (χ0) is 18.7. The van der Waals surface area contributed by atoms with Gasteiger partial charge in [-0.15, -0.1) is 0 Å². The molecule has 0 aliphatic rings. The molecule has 0 saturated carbocycles. The Morgan fingerprint density at radius 2 is 1.69 bits per heavy atom. The Morgan fingerprint density at radius 1 is 1.08 bits per heavy atom. The van der Waals surface area contributed by atoms with Crippen molar-refractivity contribution in [1.82, 2.24) is 15.1 Å². The zero-order valence-electron chi connectivity index (χ0n) is 14.6. The summed E-state index contributed by atoms with van der Waals surface area (Å²) >= 11 is 9.41. The van der Waals surface area contributed by atoms with Crippen molar-refractivity contribution in [3.8, 4) is 0 Å². The predicted molar refractivity (Wildman–Crippen MR) is 108 cm³/mol. The van der Waals surface area contributed by atoms with E-state index in [0.29, 0.717) is 23.7 Å². The molecule has 0 aliphatic heterocycles. The van der Waals surface area contributed by atoms with E-state index in [1.165, 1.54) is 0 Å². The molecule has 1 N–H and O–H groups in total. The first-order valence-electron chi connectivity index (χ1n) is 8.25. The maximum atomic E-state index is 12.3. The summed E-state index contributed by atoms with van der Waals surface area (Å²) in [5, 5.41) is 8.12. The fourth-order valence-corrected chi connectivity index (χ4v) is 3.06. The molecule has 4 nitrogen and oxygen atoms in total. The van der Waals surface area contributed by atoms with E-state index in [0.717, 1.165) is 27.0 Å². The summed E-state index contributed by atoms with van der Waals surface area (Å²) in [6.45, 7) is 5.15. The van der Waals surface area contributed by atoms with E-state index in [1.54, 1.807) is 0 Å². The van der Waals surface area contributed by atoms with Gasteiger partial charge in [-0.3, -0.25) is 9.48 Å². The molecule has 0 aliphatic carbocycles. The first-order valence-corrected chi connectivity index (χ1v) is 9.42. The molecule has 134 valence electrons. The molecule has 0 saturated heterocycles. The molecule has 0 radical (unpaired) electrons. The van der Waals surface area contributed by atoms with Crippen molar-refractivity contribution >= 4 is 33.4 Å². The second kappa shape index (κ2) is 8.06. The van der Waals surface area contributed by atoms with Crippen LogP contribution < -0.4 is 5.32 Å². The molecule has 1 amide bonds. The zero-order valence-corrected chi connectivity index (χ0v) is 16.9. The minimum absolute atomic E-state index is 0.0969. The van der Waals surface area contributed by atoms with Crippen LogP contribution in [-0.2, 0) is 13.1 Å². The van der Waals surface area contributed by atoms with Crippen LogP contribution >= 0.6 is 27.5 Å². The van der Waals surface area contributed by atoms with Gasteiger partial charge in [-0.25, -0.2) is 0 Å². The first-order chi connectivity index (χ1) is 12.4. The molecule has 3 aromatic rings. The van der Waals surface area contributed by atoms with Crippen molar-refractivity contribution in [1.29, 1.82) is 0 Å². The molecule has 2 aromatic carbocycles. The van der Waals surface area contributed by atoms with Crippen LogP contribution in [0.25, 0.3) is 0 Å². The average molecular weight is 433 g/mol. The molecule has 0 bridgehead atoms. The Balaban J connectivity index is 1.62. The lowest BCUT2D eigenvalue weighted by atomic mass is 10.1. The molecule has 26 heavy (non-hydrogen) atoms. The van der Waals surface area contributed by atoms with Gasteiger partial charge < -0.3 is 5.32 Å². The van der Waals surface area contributed by atoms with Gasteiger partial charge in [0.2, 0.25) is 0 Å². The summed E-state index contributed by atoms with van der Waals surface area (Å²) in [7, 11) is 0. The number of hydrogen-bond acceptors (Lipinski definition) is 2. The van der Waals surface area contributed by atoms with Crippen molar-refractivity contribution in [2.24, 2.45) is 0 Å². The van der Waals surface area contributed by atoms with E-state index in [9.17, 15) is 4.79 Å². The Hall–Kier alpha value is -2.11. The normalized spacial score (nSPS) is 10.8. The molecule has 6 heteroatoms. The highest BCUT2D eigenvalue weighted by Gasteiger charge is 2.10. The van der Waals surface area contributed by atoms with Gasteiger partial charge in [0, 0.05) is 17.1 Å². The van der Waals surface area contributed by atoms with Crippen LogP contribution in [0.5, 0.6) is 0 Å². The highest BCUT2D eigenvalue weighted by molar-refractivity contribution is 9.10. The standard InChI is InChI=1S/C20H19BrClN3O/c1-13-19(21)14(2)25(24-13)12-16-3-7-17(8-4-16)20(26)23-11-15-5-9-18(22)10-6-15/h3-10H,11-12H2,1-2H3,(H,23,26). The summed E-state index contributed by atoms with van der Waals surface area (Å²) < 4.78 is 2.99. The summed E-state index contributed by atoms with van der Waals surface area (Å²) in [5.41, 5.74) is 4.80. The van der Waals surface area contributed by atoms with Gasteiger partial charge in [0.1, 0.15) is 0 Å². The highest BCUT2D eigenvalue weighted by atomic mass is 79.9. The number of carbonyl (C=O) groups excluding carboxylic acids is 1. The van der Waals surface area contributed by atoms with Gasteiger partial charge in [-0.05, 0) is 65.2 Å². The topological polar surface area (TPSA) is 46.9 Å². The van der Waals surface area contributed by atoms with Crippen LogP contribution in [0.2, 0.25) is 5.02 Å². The summed E-state index contributed by atoms with van der Waals surface area (Å²) in [5.74, 6) is -0.0969. The molecule has 0 atom stereocenters. The third kappa shape index (κ3) is 4.34. The number of amides is 1. The first kappa shape index (κ1) is 18.7. The monoisotopic (exact) mass is 431 g/mol. The number of aryl methyl sites for hydroxylation is 1. The summed E-state index contributed by atoms with van der Waals surface area (Å²) in [6, 6.07) is 15.0. The number of halogens is 2. The molecule has 1 aromatic heterocycles. The summed E-state index contributed by atoms with van der Waals surface area (Å²) in [6.07, 6.45) is 0. The second-order valence-electron chi connectivity index (χ2n) is 6.15. The number of rotatable bonds is 5.